The third-order valence-electron chi connectivity index (χ3n) is 4.35. The number of carbonyl (C=O) groups is 1. The standard InChI is InChI=1S/C21H19N3O2/c1-2-26-17-11-9-16(10-12-17)24-20(15-6-5-13-22-14-15)23-19-8-4-3-7-18(19)21(24)25/h3-14,20,23H,2H2,1H3. The molecule has 5 heteroatoms. The maximum absolute atomic E-state index is 13.2. The van der Waals surface area contributed by atoms with Gasteiger partial charge in [-0.2, -0.15) is 0 Å². The van der Waals surface area contributed by atoms with E-state index < -0.39 is 0 Å². The number of fused-ring (bicyclic) bond motifs is 1. The van der Waals surface area contributed by atoms with Crippen LogP contribution in [0.2, 0.25) is 0 Å². The zero-order chi connectivity index (χ0) is 17.9. The normalized spacial score (nSPS) is 16.0. The van der Waals surface area contributed by atoms with Crippen molar-refractivity contribution in [3.63, 3.8) is 0 Å². The van der Waals surface area contributed by atoms with Gasteiger partial charge in [0.1, 0.15) is 11.9 Å². The van der Waals surface area contributed by atoms with Gasteiger partial charge in [0.05, 0.1) is 12.2 Å². The van der Waals surface area contributed by atoms with Gasteiger partial charge in [-0.1, -0.05) is 18.2 Å². The number of para-hydroxylation sites is 1. The summed E-state index contributed by atoms with van der Waals surface area (Å²) in [5, 5.41) is 3.47. The minimum Gasteiger partial charge on any atom is -0.494 e. The molecule has 4 rings (SSSR count). The zero-order valence-corrected chi connectivity index (χ0v) is 14.4. The Kier molecular flexibility index (Phi) is 4.27. The van der Waals surface area contributed by atoms with Gasteiger partial charge >= 0.3 is 0 Å². The lowest BCUT2D eigenvalue weighted by molar-refractivity contribution is 0.0975. The fourth-order valence-corrected chi connectivity index (χ4v) is 3.16. The van der Waals surface area contributed by atoms with Crippen LogP contribution in [0.15, 0.2) is 73.1 Å². The molecule has 1 aliphatic heterocycles. The molecule has 0 saturated carbocycles. The lowest BCUT2D eigenvalue weighted by Gasteiger charge is -2.38. The number of rotatable bonds is 4. The second-order valence-corrected chi connectivity index (χ2v) is 5.98. The first-order valence-electron chi connectivity index (χ1n) is 8.60. The van der Waals surface area contributed by atoms with Crippen molar-refractivity contribution in [1.82, 2.24) is 4.98 Å². The summed E-state index contributed by atoms with van der Waals surface area (Å²) < 4.78 is 5.51. The first-order chi connectivity index (χ1) is 12.8. The Morgan fingerprint density at radius 2 is 1.88 bits per heavy atom. The highest BCUT2D eigenvalue weighted by molar-refractivity contribution is 6.12. The number of carbonyl (C=O) groups excluding carboxylic acids is 1. The van der Waals surface area contributed by atoms with E-state index in [9.17, 15) is 4.79 Å². The number of ether oxygens (including phenoxy) is 1. The largest absolute Gasteiger partial charge is 0.494 e. The molecule has 0 saturated heterocycles. The van der Waals surface area contributed by atoms with Crippen LogP contribution in [0.5, 0.6) is 5.75 Å². The molecule has 0 bridgehead atoms. The number of nitrogens with one attached hydrogen (secondary N) is 1. The smallest absolute Gasteiger partial charge is 0.262 e. The Morgan fingerprint density at radius 3 is 2.62 bits per heavy atom. The van der Waals surface area contributed by atoms with Crippen molar-refractivity contribution >= 4 is 17.3 Å². The highest BCUT2D eigenvalue weighted by Crippen LogP contribution is 2.36. The van der Waals surface area contributed by atoms with Crippen molar-refractivity contribution in [3.8, 4) is 5.75 Å². The summed E-state index contributed by atoms with van der Waals surface area (Å²) in [6.45, 7) is 2.55. The Balaban J connectivity index is 1.79. The average molecular weight is 345 g/mol. The number of benzene rings is 2. The average Bonchev–Trinajstić information content (AvgIpc) is 2.70. The molecule has 2 heterocycles. The lowest BCUT2D eigenvalue weighted by atomic mass is 10.0. The SMILES string of the molecule is CCOc1ccc(N2C(=O)c3ccccc3NC2c2cccnc2)cc1. The number of hydrogen-bond acceptors (Lipinski definition) is 4. The predicted molar refractivity (Wildman–Crippen MR) is 101 cm³/mol. The van der Waals surface area contributed by atoms with Crippen LogP contribution in [-0.2, 0) is 0 Å². The molecule has 1 aromatic heterocycles. The number of amides is 1. The monoisotopic (exact) mass is 345 g/mol. The second kappa shape index (κ2) is 6.88. The van der Waals surface area contributed by atoms with Crippen LogP contribution < -0.4 is 15.0 Å². The first-order valence-corrected chi connectivity index (χ1v) is 8.60. The zero-order valence-electron chi connectivity index (χ0n) is 14.4. The van der Waals surface area contributed by atoms with Crippen LogP contribution >= 0.6 is 0 Å². The minimum absolute atomic E-state index is 0.0441. The van der Waals surface area contributed by atoms with Crippen molar-refractivity contribution in [2.45, 2.75) is 13.1 Å². The Labute approximate surface area is 152 Å². The van der Waals surface area contributed by atoms with Gasteiger partial charge in [-0.15, -0.1) is 0 Å². The van der Waals surface area contributed by atoms with E-state index in [1.807, 2.05) is 67.6 Å². The predicted octanol–water partition coefficient (Wildman–Crippen LogP) is 4.25. The molecule has 5 nitrogen and oxygen atoms in total. The summed E-state index contributed by atoms with van der Waals surface area (Å²) in [6.07, 6.45) is 3.17. The Hall–Kier alpha value is -3.34. The minimum atomic E-state index is -0.330. The second-order valence-electron chi connectivity index (χ2n) is 5.98. The Bertz CT molecular complexity index is 910. The molecule has 130 valence electrons. The molecule has 1 N–H and O–H groups in total. The van der Waals surface area contributed by atoms with Gasteiger partial charge in [0.25, 0.3) is 5.91 Å². The Morgan fingerprint density at radius 1 is 1.08 bits per heavy atom. The van der Waals surface area contributed by atoms with Crippen molar-refractivity contribution in [1.29, 1.82) is 0 Å². The van der Waals surface area contributed by atoms with Crippen LogP contribution in [0.4, 0.5) is 11.4 Å². The topological polar surface area (TPSA) is 54.5 Å². The van der Waals surface area contributed by atoms with E-state index in [0.717, 1.165) is 22.7 Å². The van der Waals surface area contributed by atoms with Crippen molar-refractivity contribution in [3.05, 3.63) is 84.2 Å². The lowest BCUT2D eigenvalue weighted by Crippen LogP contribution is -2.43. The van der Waals surface area contributed by atoms with Gasteiger partial charge in [0.2, 0.25) is 0 Å². The van der Waals surface area contributed by atoms with Crippen molar-refractivity contribution < 1.29 is 9.53 Å². The molecular formula is C21H19N3O2. The summed E-state index contributed by atoms with van der Waals surface area (Å²) in [7, 11) is 0. The molecule has 26 heavy (non-hydrogen) atoms. The molecule has 3 aromatic rings. The van der Waals surface area contributed by atoms with Crippen LogP contribution in [0.3, 0.4) is 0 Å². The highest BCUT2D eigenvalue weighted by atomic mass is 16.5. The van der Waals surface area contributed by atoms with Crippen molar-refractivity contribution in [2.24, 2.45) is 0 Å². The van der Waals surface area contributed by atoms with Gasteiger partial charge in [0.15, 0.2) is 0 Å². The van der Waals surface area contributed by atoms with E-state index in [1.165, 1.54) is 0 Å². The quantitative estimate of drug-likeness (QED) is 0.768. The van der Waals surface area contributed by atoms with Gasteiger partial charge in [0, 0.05) is 29.3 Å². The van der Waals surface area contributed by atoms with Gasteiger partial charge in [-0.3, -0.25) is 14.7 Å². The van der Waals surface area contributed by atoms with Crippen LogP contribution in [0, 0.1) is 0 Å². The molecule has 0 fully saturated rings. The number of pyridine rings is 1. The molecule has 0 radical (unpaired) electrons. The molecule has 2 aromatic carbocycles. The van der Waals surface area contributed by atoms with E-state index in [-0.39, 0.29) is 12.1 Å². The maximum atomic E-state index is 13.2. The van der Waals surface area contributed by atoms with E-state index in [1.54, 1.807) is 17.3 Å². The molecular weight excluding hydrogens is 326 g/mol. The van der Waals surface area contributed by atoms with Gasteiger partial charge in [-0.25, -0.2) is 0 Å². The molecule has 1 amide bonds. The molecule has 0 aliphatic carbocycles. The van der Waals surface area contributed by atoms with Gasteiger partial charge < -0.3 is 10.1 Å². The number of nitrogens with zero attached hydrogens (tertiary/aromatic N) is 2. The first kappa shape index (κ1) is 16.1. The summed E-state index contributed by atoms with van der Waals surface area (Å²) in [4.78, 5) is 19.2. The van der Waals surface area contributed by atoms with Crippen LogP contribution in [0.25, 0.3) is 0 Å². The molecule has 1 aliphatic rings. The van der Waals surface area contributed by atoms with Gasteiger partial charge in [-0.05, 0) is 49.4 Å². The third kappa shape index (κ3) is 2.88. The number of anilines is 2. The number of hydrogen-bond donors (Lipinski definition) is 1. The maximum Gasteiger partial charge on any atom is 0.262 e. The molecule has 0 spiro atoms. The van der Waals surface area contributed by atoms with E-state index in [2.05, 4.69) is 10.3 Å². The fraction of sp³-hybridized carbons (Fsp3) is 0.143. The van der Waals surface area contributed by atoms with E-state index >= 15 is 0 Å². The van der Waals surface area contributed by atoms with E-state index in [4.69, 9.17) is 4.74 Å². The third-order valence-corrected chi connectivity index (χ3v) is 4.35. The summed E-state index contributed by atoms with van der Waals surface area (Å²) >= 11 is 0. The summed E-state index contributed by atoms with van der Waals surface area (Å²) in [5.74, 6) is 0.740. The van der Waals surface area contributed by atoms with Crippen molar-refractivity contribution in [2.75, 3.05) is 16.8 Å². The summed E-state index contributed by atoms with van der Waals surface area (Å²) in [6, 6.07) is 19.0. The summed E-state index contributed by atoms with van der Waals surface area (Å²) in [5.41, 5.74) is 3.20. The molecule has 1 atom stereocenters. The number of aromatic nitrogens is 1. The molecule has 1 unspecified atom stereocenters. The fourth-order valence-electron chi connectivity index (χ4n) is 3.16. The van der Waals surface area contributed by atoms with Crippen LogP contribution in [0.1, 0.15) is 29.0 Å². The van der Waals surface area contributed by atoms with E-state index in [0.29, 0.717) is 12.2 Å². The van der Waals surface area contributed by atoms with Crippen LogP contribution in [-0.4, -0.2) is 17.5 Å². The highest BCUT2D eigenvalue weighted by Gasteiger charge is 2.34.